The van der Waals surface area contributed by atoms with E-state index in [2.05, 4.69) is 31.3 Å². The van der Waals surface area contributed by atoms with Crippen LogP contribution in [0.25, 0.3) is 0 Å². The van der Waals surface area contributed by atoms with Crippen LogP contribution in [-0.2, 0) is 15.0 Å². The number of nitrogens with zero attached hydrogens (tertiary/aromatic N) is 3. The van der Waals surface area contributed by atoms with Gasteiger partial charge in [0, 0.05) is 45.0 Å². The Morgan fingerprint density at radius 1 is 0.933 bits per heavy atom. The molecule has 3 rings (SSSR count). The van der Waals surface area contributed by atoms with Crippen molar-refractivity contribution in [2.75, 3.05) is 51.1 Å². The molecule has 0 aliphatic carbocycles. The van der Waals surface area contributed by atoms with E-state index in [4.69, 9.17) is 0 Å². The van der Waals surface area contributed by atoms with E-state index in [1.807, 2.05) is 17.0 Å². The van der Waals surface area contributed by atoms with Gasteiger partial charge in [-0.05, 0) is 42.9 Å². The average Bonchev–Trinajstić information content (AvgIpc) is 3.04. The summed E-state index contributed by atoms with van der Waals surface area (Å²) in [6.07, 6.45) is 5.19. The number of hydrogen-bond acceptors (Lipinski definition) is 4. The van der Waals surface area contributed by atoms with Crippen molar-refractivity contribution in [3.63, 3.8) is 0 Å². The molecule has 0 aromatic heterocycles. The Bertz CT molecular complexity index is 781. The molecule has 1 unspecified atom stereocenters. The second-order valence-corrected chi connectivity index (χ2v) is 10.4. The smallest absolute Gasteiger partial charge is 0.282 e. The Morgan fingerprint density at radius 3 is 2.07 bits per heavy atom. The van der Waals surface area contributed by atoms with Gasteiger partial charge in [-0.15, -0.1) is 0 Å². The van der Waals surface area contributed by atoms with Gasteiger partial charge in [-0.2, -0.15) is 17.0 Å². The molecule has 168 valence electrons. The van der Waals surface area contributed by atoms with Crippen LogP contribution in [0.15, 0.2) is 24.3 Å². The minimum atomic E-state index is -3.38. The van der Waals surface area contributed by atoms with Crippen molar-refractivity contribution in [2.45, 2.75) is 51.9 Å². The first-order valence-electron chi connectivity index (χ1n) is 11.3. The molecule has 1 aromatic rings. The van der Waals surface area contributed by atoms with Crippen LogP contribution in [0.3, 0.4) is 0 Å². The minimum absolute atomic E-state index is 0.0601. The molecule has 0 bridgehead atoms. The van der Waals surface area contributed by atoms with Gasteiger partial charge < -0.3 is 5.32 Å². The first-order chi connectivity index (χ1) is 14.4. The van der Waals surface area contributed by atoms with Gasteiger partial charge in [-0.1, -0.05) is 38.8 Å². The van der Waals surface area contributed by atoms with Gasteiger partial charge >= 0.3 is 0 Å². The minimum Gasteiger partial charge on any atom is -0.325 e. The van der Waals surface area contributed by atoms with Gasteiger partial charge in [0.2, 0.25) is 5.91 Å². The van der Waals surface area contributed by atoms with Gasteiger partial charge in [0.1, 0.15) is 0 Å². The molecule has 0 saturated carbocycles. The predicted molar refractivity (Wildman–Crippen MR) is 121 cm³/mol. The van der Waals surface area contributed by atoms with E-state index in [-0.39, 0.29) is 12.5 Å². The lowest BCUT2D eigenvalue weighted by Gasteiger charge is -2.36. The second-order valence-electron chi connectivity index (χ2n) is 8.48. The quantitative estimate of drug-likeness (QED) is 0.713. The highest BCUT2D eigenvalue weighted by Gasteiger charge is 2.32. The summed E-state index contributed by atoms with van der Waals surface area (Å²) in [4.78, 5) is 14.5. The Morgan fingerprint density at radius 2 is 1.50 bits per heavy atom. The number of rotatable bonds is 7. The van der Waals surface area contributed by atoms with Crippen molar-refractivity contribution in [3.05, 3.63) is 29.8 Å². The molecule has 2 heterocycles. The van der Waals surface area contributed by atoms with Gasteiger partial charge in [-0.25, -0.2) is 0 Å². The number of carbonyl (C=O) groups excluding carboxylic acids is 1. The number of amides is 1. The lowest BCUT2D eigenvalue weighted by atomic mass is 9.99. The fourth-order valence-electron chi connectivity index (χ4n) is 4.09. The summed E-state index contributed by atoms with van der Waals surface area (Å²) in [5, 5.41) is 2.95. The first-order valence-corrected chi connectivity index (χ1v) is 12.7. The fourth-order valence-corrected chi connectivity index (χ4v) is 5.76. The third-order valence-corrected chi connectivity index (χ3v) is 8.33. The van der Waals surface area contributed by atoms with Crippen LogP contribution in [0.4, 0.5) is 5.69 Å². The Balaban J connectivity index is 1.46. The summed E-state index contributed by atoms with van der Waals surface area (Å²) in [6, 6.07) is 8.03. The summed E-state index contributed by atoms with van der Waals surface area (Å²) < 4.78 is 29.1. The maximum atomic E-state index is 12.9. The van der Waals surface area contributed by atoms with Gasteiger partial charge in [0.05, 0.1) is 6.54 Å². The zero-order valence-corrected chi connectivity index (χ0v) is 19.2. The molecule has 1 amide bonds. The molecule has 1 atom stereocenters. The normalized spacial score (nSPS) is 21.1. The van der Waals surface area contributed by atoms with Gasteiger partial charge in [-0.3, -0.25) is 9.69 Å². The van der Waals surface area contributed by atoms with E-state index in [1.54, 1.807) is 8.61 Å². The van der Waals surface area contributed by atoms with E-state index in [0.29, 0.717) is 45.2 Å². The Labute approximate surface area is 181 Å². The topological polar surface area (TPSA) is 73.0 Å². The zero-order valence-electron chi connectivity index (χ0n) is 18.3. The molecule has 1 N–H and O–H groups in total. The number of benzene rings is 1. The maximum absolute atomic E-state index is 12.9. The fraction of sp³-hybridized carbons (Fsp3) is 0.682. The molecule has 30 heavy (non-hydrogen) atoms. The second kappa shape index (κ2) is 10.7. The van der Waals surface area contributed by atoms with E-state index in [1.165, 1.54) is 5.56 Å². The number of piperazine rings is 1. The molecule has 2 fully saturated rings. The van der Waals surface area contributed by atoms with Crippen LogP contribution in [0.1, 0.15) is 57.4 Å². The highest BCUT2D eigenvalue weighted by molar-refractivity contribution is 7.86. The highest BCUT2D eigenvalue weighted by atomic mass is 32.2. The predicted octanol–water partition coefficient (Wildman–Crippen LogP) is 2.88. The maximum Gasteiger partial charge on any atom is 0.282 e. The molecule has 8 heteroatoms. The lowest BCUT2D eigenvalue weighted by Crippen LogP contribution is -2.54. The standard InChI is InChI=1S/C22H36N4O3S/c1-3-19(2)20-8-10-21(11-9-20)23-22(27)18-24-14-16-26(17-15-24)30(28,29)25-12-6-4-5-7-13-25/h8-11,19H,3-7,12-18H2,1-2H3,(H,23,27). The Hall–Kier alpha value is -1.48. The molecule has 7 nitrogen and oxygen atoms in total. The van der Waals surface area contributed by atoms with Crippen LogP contribution >= 0.6 is 0 Å². The third-order valence-electron chi connectivity index (χ3n) is 6.29. The summed E-state index contributed by atoms with van der Waals surface area (Å²) in [5.41, 5.74) is 2.08. The van der Waals surface area contributed by atoms with Crippen molar-refractivity contribution in [2.24, 2.45) is 0 Å². The molecular weight excluding hydrogens is 400 g/mol. The number of anilines is 1. The number of hydrogen-bond donors (Lipinski definition) is 1. The summed E-state index contributed by atoms with van der Waals surface area (Å²) in [5.74, 6) is 0.451. The monoisotopic (exact) mass is 436 g/mol. The van der Waals surface area contributed by atoms with Crippen molar-refractivity contribution in [1.82, 2.24) is 13.5 Å². The van der Waals surface area contributed by atoms with E-state index < -0.39 is 10.2 Å². The first kappa shape index (κ1) is 23.2. The Kier molecular flexibility index (Phi) is 8.27. The van der Waals surface area contributed by atoms with Crippen molar-refractivity contribution < 1.29 is 13.2 Å². The van der Waals surface area contributed by atoms with Crippen LogP contribution < -0.4 is 5.32 Å². The summed E-state index contributed by atoms with van der Waals surface area (Å²) in [7, 11) is -3.38. The number of nitrogens with one attached hydrogen (secondary N) is 1. The van der Waals surface area contributed by atoms with E-state index in [9.17, 15) is 13.2 Å². The summed E-state index contributed by atoms with van der Waals surface area (Å²) >= 11 is 0. The van der Waals surface area contributed by atoms with Crippen LogP contribution in [0, 0.1) is 0 Å². The summed E-state index contributed by atoms with van der Waals surface area (Å²) in [6.45, 7) is 7.93. The van der Waals surface area contributed by atoms with Gasteiger partial charge in [0.15, 0.2) is 0 Å². The zero-order chi connectivity index (χ0) is 21.6. The lowest BCUT2D eigenvalue weighted by molar-refractivity contribution is -0.117. The van der Waals surface area contributed by atoms with Crippen molar-refractivity contribution in [1.29, 1.82) is 0 Å². The number of carbonyl (C=O) groups is 1. The van der Waals surface area contributed by atoms with Gasteiger partial charge in [0.25, 0.3) is 10.2 Å². The largest absolute Gasteiger partial charge is 0.325 e. The van der Waals surface area contributed by atoms with E-state index in [0.717, 1.165) is 37.8 Å². The molecule has 1 aromatic carbocycles. The van der Waals surface area contributed by atoms with Crippen LogP contribution in [-0.4, -0.2) is 73.6 Å². The molecule has 0 spiro atoms. The molecule has 2 aliphatic rings. The highest BCUT2D eigenvalue weighted by Crippen LogP contribution is 2.21. The van der Waals surface area contributed by atoms with E-state index >= 15 is 0 Å². The molecular formula is C22H36N4O3S. The third kappa shape index (κ3) is 6.03. The van der Waals surface area contributed by atoms with Crippen molar-refractivity contribution >= 4 is 21.8 Å². The molecule has 0 radical (unpaired) electrons. The van der Waals surface area contributed by atoms with Crippen LogP contribution in [0.2, 0.25) is 0 Å². The van der Waals surface area contributed by atoms with Crippen molar-refractivity contribution in [3.8, 4) is 0 Å². The SMILES string of the molecule is CCC(C)c1ccc(NC(=O)CN2CCN(S(=O)(=O)N3CCCCCC3)CC2)cc1. The van der Waals surface area contributed by atoms with Crippen LogP contribution in [0.5, 0.6) is 0 Å². The molecule has 2 aliphatic heterocycles. The average molecular weight is 437 g/mol. The molecule has 2 saturated heterocycles.